The molecule has 0 aromatic rings. The van der Waals surface area contributed by atoms with Gasteiger partial charge in [-0.2, -0.15) is 0 Å². The summed E-state index contributed by atoms with van der Waals surface area (Å²) in [5, 5.41) is 0. The van der Waals surface area contributed by atoms with Gasteiger partial charge in [0.15, 0.2) is 0 Å². The molecule has 2 heteroatoms. The average molecular weight is 140 g/mol. The van der Waals surface area contributed by atoms with Crippen LogP contribution in [0, 0.1) is 0 Å². The summed E-state index contributed by atoms with van der Waals surface area (Å²) in [6.07, 6.45) is 0. The molecule has 0 aromatic heterocycles. The van der Waals surface area contributed by atoms with Gasteiger partial charge in [-0.1, -0.05) is 0 Å². The molecular weight excluding hydrogens is 134 g/mol. The Balaban J connectivity index is 2.80. The van der Waals surface area contributed by atoms with Crippen molar-refractivity contribution in [3.63, 3.8) is 0 Å². The summed E-state index contributed by atoms with van der Waals surface area (Å²) in [5.41, 5.74) is 0. The van der Waals surface area contributed by atoms with Gasteiger partial charge in [0.1, 0.15) is 0 Å². The predicted molar refractivity (Wildman–Crippen MR) is 27.5 cm³/mol. The van der Waals surface area contributed by atoms with E-state index < -0.39 is 0 Å². The van der Waals surface area contributed by atoms with Crippen LogP contribution in [0.25, 0.3) is 0 Å². The fourth-order valence-electron chi connectivity index (χ4n) is 0. The normalized spacial score (nSPS) is 7.25. The Bertz CT molecular complexity index is 29.0. The quantitative estimate of drug-likeness (QED) is 0.326. The predicted octanol–water partition coefficient (Wildman–Crippen LogP) is -0.0879. The van der Waals surface area contributed by atoms with Gasteiger partial charge in [-0.25, -0.2) is 0 Å². The third-order valence-corrected chi connectivity index (χ3v) is 0. The van der Waals surface area contributed by atoms with Crippen LogP contribution >= 0.6 is 9.24 Å². The summed E-state index contributed by atoms with van der Waals surface area (Å²) < 4.78 is 1.32. The van der Waals surface area contributed by atoms with Gasteiger partial charge in [0.05, 0.1) is 0 Å². The van der Waals surface area contributed by atoms with E-state index in [1.54, 1.807) is 0 Å². The van der Waals surface area contributed by atoms with Crippen molar-refractivity contribution in [2.24, 2.45) is 0 Å². The van der Waals surface area contributed by atoms with Crippen molar-refractivity contribution in [3.05, 3.63) is 0 Å². The zero-order chi connectivity index (χ0) is 3.58. The molecule has 24 valence electrons. The Morgan fingerprint density at radius 3 is 2.00 bits per heavy atom. The molecule has 0 heterocycles. The monoisotopic (exact) mass is 141 g/mol. The van der Waals surface area contributed by atoms with Crippen LogP contribution in [-0.4, -0.2) is 19.7 Å². The number of hydrogen-bond donors (Lipinski definition) is 0. The summed E-state index contributed by atoms with van der Waals surface area (Å²) in [6.45, 7) is 2.04. The van der Waals surface area contributed by atoms with Gasteiger partial charge in [-0.05, 0) is 0 Å². The molecule has 0 amide bonds. The molecule has 0 aromatic carbocycles. The van der Waals surface area contributed by atoms with E-state index in [1.807, 2.05) is 16.2 Å². The molecule has 1 atom stereocenters. The van der Waals surface area contributed by atoms with Crippen LogP contribution in [0.3, 0.4) is 0 Å². The third-order valence-electron chi connectivity index (χ3n) is 0. The minimum absolute atomic E-state index is 1.32. The van der Waals surface area contributed by atoms with Crippen molar-refractivity contribution in [1.29, 1.82) is 0 Å². The molecule has 0 aliphatic carbocycles. The van der Waals surface area contributed by atoms with Crippen LogP contribution in [0.1, 0.15) is 6.92 Å². The van der Waals surface area contributed by atoms with Gasteiger partial charge in [0.25, 0.3) is 0 Å². The molecule has 1 unspecified atom stereocenters. The molecule has 0 aliphatic heterocycles. The van der Waals surface area contributed by atoms with Crippen LogP contribution in [-0.2, 0) is 0 Å². The fraction of sp³-hybridized carbons (Fsp3) is 0.500. The zero-order valence-electron chi connectivity index (χ0n) is 2.62. The van der Waals surface area contributed by atoms with E-state index in [0.717, 1.165) is 0 Å². The Kier molecular flexibility index (Phi) is 2.51. The van der Waals surface area contributed by atoms with Crippen molar-refractivity contribution in [3.8, 4) is 0 Å². The van der Waals surface area contributed by atoms with E-state index >= 15 is 0 Å². The molecule has 0 radical (unpaired) electrons. The first-order valence-corrected chi connectivity index (χ1v) is 2.62. The van der Waals surface area contributed by atoms with Crippen LogP contribution in [0.15, 0.2) is 0 Å². The van der Waals surface area contributed by atoms with Gasteiger partial charge in [0, 0.05) is 0 Å². The topological polar surface area (TPSA) is 0 Å². The summed E-state index contributed by atoms with van der Waals surface area (Å²) in [5.74, 6) is 0. The Hall–Kier alpha value is 0.819. The molecule has 0 saturated carbocycles. The van der Waals surface area contributed by atoms with E-state index in [0.29, 0.717) is 0 Å². The SMILES string of the molecule is CC([PH3+])=[Se]. The second kappa shape index (κ2) is 2.08. The molecule has 0 rings (SSSR count). The summed E-state index contributed by atoms with van der Waals surface area (Å²) in [4.78, 5) is 0. The third kappa shape index (κ3) is 13.9. The molecule has 4 heavy (non-hydrogen) atoms. The van der Waals surface area contributed by atoms with Crippen LogP contribution in [0.2, 0.25) is 0 Å². The molecule has 0 saturated heterocycles. The number of hydrogen-bond acceptors (Lipinski definition) is 0. The van der Waals surface area contributed by atoms with Crippen molar-refractivity contribution in [2.45, 2.75) is 6.92 Å². The average Bonchev–Trinajstić information content (AvgIpc) is 0.811. The first kappa shape index (κ1) is 4.82. The molecule has 0 fully saturated rings. The van der Waals surface area contributed by atoms with Gasteiger partial charge in [-0.3, -0.25) is 0 Å². The first-order chi connectivity index (χ1) is 1.73. The van der Waals surface area contributed by atoms with Crippen molar-refractivity contribution < 1.29 is 0 Å². The summed E-state index contributed by atoms with van der Waals surface area (Å²) in [7, 11) is 1.86. The van der Waals surface area contributed by atoms with E-state index in [-0.39, 0.29) is 0 Å². The Morgan fingerprint density at radius 2 is 2.00 bits per heavy atom. The van der Waals surface area contributed by atoms with Crippen LogP contribution in [0.4, 0.5) is 0 Å². The molecule has 0 aliphatic rings. The van der Waals surface area contributed by atoms with Gasteiger partial charge in [-0.15, -0.1) is 0 Å². The Morgan fingerprint density at radius 1 is 2.00 bits per heavy atom. The first-order valence-electron chi connectivity index (χ1n) is 1.06. The van der Waals surface area contributed by atoms with E-state index in [2.05, 4.69) is 15.6 Å². The van der Waals surface area contributed by atoms with E-state index in [9.17, 15) is 0 Å². The van der Waals surface area contributed by atoms with Crippen molar-refractivity contribution >= 4 is 29.0 Å². The zero-order valence-corrected chi connectivity index (χ0v) is 5.74. The molecule has 0 N–H and O–H groups in total. The van der Waals surface area contributed by atoms with Crippen molar-refractivity contribution in [1.82, 2.24) is 0 Å². The van der Waals surface area contributed by atoms with Crippen LogP contribution in [0.5, 0.6) is 0 Å². The number of rotatable bonds is 0. The molecule has 0 nitrogen and oxygen atoms in total. The Labute approximate surface area is 36.5 Å². The van der Waals surface area contributed by atoms with Gasteiger partial charge in [0.2, 0.25) is 0 Å². The van der Waals surface area contributed by atoms with E-state index in [1.165, 1.54) is 4.16 Å². The van der Waals surface area contributed by atoms with Crippen molar-refractivity contribution in [2.75, 3.05) is 0 Å². The minimum atomic E-state index is 1.32. The summed E-state index contributed by atoms with van der Waals surface area (Å²) >= 11 is 2.83. The standard InChI is InChI=1S/C2H5PSe/c1-2(3)4/h3H2,1H3/p+1. The van der Waals surface area contributed by atoms with Crippen LogP contribution < -0.4 is 0 Å². The van der Waals surface area contributed by atoms with Gasteiger partial charge >= 0.3 is 35.9 Å². The fourth-order valence-corrected chi connectivity index (χ4v) is 0. The second-order valence-corrected chi connectivity index (χ2v) is 4.37. The summed E-state index contributed by atoms with van der Waals surface area (Å²) in [6, 6.07) is 0. The molecular formula is C2H6PSe+. The van der Waals surface area contributed by atoms with Gasteiger partial charge < -0.3 is 0 Å². The molecule has 0 spiro atoms. The van der Waals surface area contributed by atoms with E-state index in [4.69, 9.17) is 0 Å². The second-order valence-electron chi connectivity index (χ2n) is 0.702. The maximum atomic E-state index is 2.83. The molecule has 0 bridgehead atoms. The maximum absolute atomic E-state index is 2.83.